The molecule has 3 fully saturated rings. The summed E-state index contributed by atoms with van der Waals surface area (Å²) < 4.78 is 0. The van der Waals surface area contributed by atoms with Crippen LogP contribution in [-0.2, 0) is 14.4 Å². The molecular weight excluding hydrogens is 428 g/mol. The molecule has 7 nitrogen and oxygen atoms in total. The van der Waals surface area contributed by atoms with Crippen LogP contribution in [0.1, 0.15) is 77.6 Å². The Kier molecular flexibility index (Phi) is 8.11. The average Bonchev–Trinajstić information content (AvgIpc) is 3.11. The number of benzene rings is 1. The van der Waals surface area contributed by atoms with Crippen molar-refractivity contribution in [3.05, 3.63) is 30.3 Å². The van der Waals surface area contributed by atoms with Gasteiger partial charge in [0.05, 0.1) is 6.67 Å². The molecule has 0 unspecified atom stereocenters. The third-order valence-electron chi connectivity index (χ3n) is 7.82. The number of amides is 3. The third kappa shape index (κ3) is 5.39. The summed E-state index contributed by atoms with van der Waals surface area (Å²) in [7, 11) is 0. The average molecular weight is 469 g/mol. The Balaban J connectivity index is 1.44. The summed E-state index contributed by atoms with van der Waals surface area (Å²) in [5.74, 6) is 0.158. The predicted octanol–water partition coefficient (Wildman–Crippen LogP) is 3.68. The number of hydrogen-bond donors (Lipinski definition) is 1. The summed E-state index contributed by atoms with van der Waals surface area (Å²) in [5, 5.41) is 3.15. The van der Waals surface area contributed by atoms with Crippen LogP contribution in [0.3, 0.4) is 0 Å². The highest BCUT2D eigenvalue weighted by Crippen LogP contribution is 2.39. The molecule has 0 atom stereocenters. The molecule has 3 amide bonds. The Morgan fingerprint density at radius 3 is 2.41 bits per heavy atom. The minimum atomic E-state index is -0.688. The molecule has 1 spiro atoms. The maximum absolute atomic E-state index is 13.8. The quantitative estimate of drug-likeness (QED) is 0.591. The first kappa shape index (κ1) is 24.6. The highest BCUT2D eigenvalue weighted by Gasteiger charge is 2.54. The van der Waals surface area contributed by atoms with Gasteiger partial charge >= 0.3 is 0 Å². The van der Waals surface area contributed by atoms with E-state index in [1.165, 1.54) is 6.42 Å². The summed E-state index contributed by atoms with van der Waals surface area (Å²) in [4.78, 5) is 45.1. The lowest BCUT2D eigenvalue weighted by molar-refractivity contribution is -0.140. The van der Waals surface area contributed by atoms with E-state index in [-0.39, 0.29) is 30.3 Å². The first-order valence-corrected chi connectivity index (χ1v) is 13.2. The van der Waals surface area contributed by atoms with Crippen LogP contribution in [0.25, 0.3) is 0 Å². The molecule has 34 heavy (non-hydrogen) atoms. The highest BCUT2D eigenvalue weighted by molar-refractivity contribution is 5.96. The van der Waals surface area contributed by atoms with Crippen molar-refractivity contribution in [2.24, 2.45) is 0 Å². The van der Waals surface area contributed by atoms with Gasteiger partial charge in [-0.3, -0.25) is 14.4 Å². The van der Waals surface area contributed by atoms with Crippen LogP contribution in [-0.4, -0.2) is 65.4 Å². The van der Waals surface area contributed by atoms with Crippen LogP contribution in [0, 0.1) is 0 Å². The van der Waals surface area contributed by atoms with Gasteiger partial charge in [0, 0.05) is 31.2 Å². The molecule has 4 rings (SSSR count). The molecule has 186 valence electrons. The van der Waals surface area contributed by atoms with Gasteiger partial charge in [-0.25, -0.2) is 0 Å². The van der Waals surface area contributed by atoms with Gasteiger partial charge in [0.15, 0.2) is 0 Å². The first-order chi connectivity index (χ1) is 16.5. The number of nitrogens with zero attached hydrogens (tertiary/aromatic N) is 3. The van der Waals surface area contributed by atoms with Crippen molar-refractivity contribution in [1.29, 1.82) is 0 Å². The molecule has 2 aliphatic heterocycles. The van der Waals surface area contributed by atoms with Crippen LogP contribution in [0.4, 0.5) is 5.69 Å². The molecule has 1 N–H and O–H groups in total. The van der Waals surface area contributed by atoms with Gasteiger partial charge in [0.1, 0.15) is 12.1 Å². The second-order valence-electron chi connectivity index (χ2n) is 10.2. The zero-order valence-corrected chi connectivity index (χ0v) is 20.6. The molecule has 0 radical (unpaired) electrons. The largest absolute Gasteiger partial charge is 0.352 e. The van der Waals surface area contributed by atoms with E-state index in [4.69, 9.17) is 0 Å². The van der Waals surface area contributed by atoms with Crippen LogP contribution < -0.4 is 10.2 Å². The van der Waals surface area contributed by atoms with Gasteiger partial charge in [0.25, 0.3) is 5.91 Å². The lowest BCUT2D eigenvalue weighted by Gasteiger charge is -2.43. The van der Waals surface area contributed by atoms with E-state index in [1.54, 1.807) is 4.90 Å². The molecule has 3 aliphatic rings. The first-order valence-electron chi connectivity index (χ1n) is 13.2. The number of likely N-dealkylation sites (tertiary alicyclic amines) is 1. The molecule has 1 aromatic carbocycles. The molecule has 7 heteroatoms. The Labute approximate surface area is 203 Å². The number of carbonyl (C=O) groups is 3. The lowest BCUT2D eigenvalue weighted by atomic mass is 9.85. The van der Waals surface area contributed by atoms with E-state index < -0.39 is 5.54 Å². The topological polar surface area (TPSA) is 73.0 Å². The van der Waals surface area contributed by atoms with E-state index in [0.717, 1.165) is 50.6 Å². The number of carbonyl (C=O) groups excluding carboxylic acids is 3. The second-order valence-corrected chi connectivity index (χ2v) is 10.2. The SMILES string of the molecule is CCCCCC(=O)N1CCC2(CC1)C(=O)N(CC(=O)NC1CCCCC1)CN2c1ccccc1. The zero-order valence-electron chi connectivity index (χ0n) is 20.6. The van der Waals surface area contributed by atoms with Gasteiger partial charge < -0.3 is 20.0 Å². The summed E-state index contributed by atoms with van der Waals surface area (Å²) in [5.41, 5.74) is 0.306. The predicted molar refractivity (Wildman–Crippen MR) is 133 cm³/mol. The maximum Gasteiger partial charge on any atom is 0.250 e. The zero-order chi connectivity index (χ0) is 24.0. The van der Waals surface area contributed by atoms with Gasteiger partial charge in [-0.05, 0) is 44.2 Å². The van der Waals surface area contributed by atoms with Crippen molar-refractivity contribution in [2.45, 2.75) is 89.1 Å². The molecule has 0 bridgehead atoms. The highest BCUT2D eigenvalue weighted by atomic mass is 16.2. The Morgan fingerprint density at radius 1 is 1.03 bits per heavy atom. The Morgan fingerprint density at radius 2 is 1.74 bits per heavy atom. The van der Waals surface area contributed by atoms with Crippen LogP contribution in [0.15, 0.2) is 30.3 Å². The molecule has 1 saturated carbocycles. The molecule has 1 aromatic rings. The minimum Gasteiger partial charge on any atom is -0.352 e. The normalized spacial score (nSPS) is 20.7. The monoisotopic (exact) mass is 468 g/mol. The smallest absolute Gasteiger partial charge is 0.250 e. The molecule has 2 heterocycles. The van der Waals surface area contributed by atoms with Crippen molar-refractivity contribution in [1.82, 2.24) is 15.1 Å². The minimum absolute atomic E-state index is 0.0215. The molecule has 2 saturated heterocycles. The van der Waals surface area contributed by atoms with Crippen molar-refractivity contribution >= 4 is 23.4 Å². The molecular formula is C27H40N4O3. The number of rotatable bonds is 8. The fraction of sp³-hybridized carbons (Fsp3) is 0.667. The number of piperidine rings is 1. The molecule has 1 aliphatic carbocycles. The van der Waals surface area contributed by atoms with Crippen molar-refractivity contribution < 1.29 is 14.4 Å². The van der Waals surface area contributed by atoms with Gasteiger partial charge in [-0.2, -0.15) is 0 Å². The number of unbranched alkanes of at least 4 members (excludes halogenated alkanes) is 2. The van der Waals surface area contributed by atoms with Crippen LogP contribution in [0.5, 0.6) is 0 Å². The fourth-order valence-corrected chi connectivity index (χ4v) is 5.83. The summed E-state index contributed by atoms with van der Waals surface area (Å²) in [6.07, 6.45) is 10.5. The lowest BCUT2D eigenvalue weighted by Crippen LogP contribution is -2.57. The van der Waals surface area contributed by atoms with Crippen molar-refractivity contribution in [2.75, 3.05) is 31.2 Å². The Bertz CT molecular complexity index is 845. The number of para-hydroxylation sites is 1. The van der Waals surface area contributed by atoms with E-state index in [1.807, 2.05) is 35.2 Å². The third-order valence-corrected chi connectivity index (χ3v) is 7.82. The van der Waals surface area contributed by atoms with Gasteiger partial charge in [0.2, 0.25) is 11.8 Å². The summed E-state index contributed by atoms with van der Waals surface area (Å²) >= 11 is 0. The van der Waals surface area contributed by atoms with E-state index >= 15 is 0 Å². The van der Waals surface area contributed by atoms with Crippen LogP contribution in [0.2, 0.25) is 0 Å². The van der Waals surface area contributed by atoms with Crippen molar-refractivity contribution in [3.63, 3.8) is 0 Å². The Hall–Kier alpha value is -2.57. The number of nitrogens with one attached hydrogen (secondary N) is 1. The fourth-order valence-electron chi connectivity index (χ4n) is 5.83. The van der Waals surface area contributed by atoms with Gasteiger partial charge in [-0.1, -0.05) is 57.2 Å². The molecule has 0 aromatic heterocycles. The summed E-state index contributed by atoms with van der Waals surface area (Å²) in [6.45, 7) is 3.82. The maximum atomic E-state index is 13.8. The summed E-state index contributed by atoms with van der Waals surface area (Å²) in [6, 6.07) is 10.2. The van der Waals surface area contributed by atoms with Gasteiger partial charge in [-0.15, -0.1) is 0 Å². The van der Waals surface area contributed by atoms with E-state index in [9.17, 15) is 14.4 Å². The van der Waals surface area contributed by atoms with Crippen molar-refractivity contribution in [3.8, 4) is 0 Å². The standard InChI is InChI=1S/C27H40N4O3/c1-2-3-6-15-25(33)29-18-16-27(17-19-29)26(34)30(21-31(27)23-13-9-5-10-14-23)20-24(32)28-22-11-7-4-8-12-22/h5,9-10,13-14,22H,2-4,6-8,11-12,15-21H2,1H3,(H,28,32). The number of hydrogen-bond acceptors (Lipinski definition) is 4. The van der Waals surface area contributed by atoms with E-state index in [0.29, 0.717) is 39.0 Å². The van der Waals surface area contributed by atoms with Crippen LogP contribution >= 0.6 is 0 Å². The van der Waals surface area contributed by atoms with E-state index in [2.05, 4.69) is 17.1 Å². The number of anilines is 1. The second kappa shape index (κ2) is 11.2.